The van der Waals surface area contributed by atoms with Crippen molar-refractivity contribution in [2.24, 2.45) is 7.05 Å². The molecule has 1 aliphatic rings. The van der Waals surface area contributed by atoms with Gasteiger partial charge in [-0.25, -0.2) is 0 Å². The molecule has 2 rings (SSSR count). The van der Waals surface area contributed by atoms with Crippen molar-refractivity contribution in [2.75, 3.05) is 5.73 Å². The lowest BCUT2D eigenvalue weighted by atomic mass is 9.81. The smallest absolute Gasteiger partial charge is 0.124 e. The first-order chi connectivity index (χ1) is 6.24. The highest BCUT2D eigenvalue weighted by atomic mass is 15.3. The number of hydrogen-bond donors (Lipinski definition) is 1. The van der Waals surface area contributed by atoms with Gasteiger partial charge in [0.1, 0.15) is 5.82 Å². The van der Waals surface area contributed by atoms with Gasteiger partial charge >= 0.3 is 0 Å². The molecule has 1 heterocycles. The van der Waals surface area contributed by atoms with Crippen LogP contribution < -0.4 is 5.73 Å². The van der Waals surface area contributed by atoms with Crippen molar-refractivity contribution in [3.05, 3.63) is 11.3 Å². The fourth-order valence-corrected chi connectivity index (χ4v) is 1.97. The molecule has 3 heteroatoms. The molecule has 2 N–H and O–H groups in total. The molecule has 0 aliphatic heterocycles. The van der Waals surface area contributed by atoms with Crippen molar-refractivity contribution >= 4 is 5.82 Å². The van der Waals surface area contributed by atoms with E-state index in [0.29, 0.717) is 5.92 Å². The fraction of sp³-hybridized carbons (Fsp3) is 0.700. The fourth-order valence-electron chi connectivity index (χ4n) is 1.97. The van der Waals surface area contributed by atoms with Crippen LogP contribution in [0.3, 0.4) is 0 Å². The molecular formula is C10H17N3. The molecular weight excluding hydrogens is 162 g/mol. The Kier molecular flexibility index (Phi) is 2.02. The maximum atomic E-state index is 5.93. The Labute approximate surface area is 78.9 Å². The van der Waals surface area contributed by atoms with Gasteiger partial charge in [-0.3, -0.25) is 4.68 Å². The molecule has 1 aromatic rings. The summed E-state index contributed by atoms with van der Waals surface area (Å²) < 4.78 is 1.81. The normalized spacial score (nSPS) is 17.4. The maximum Gasteiger partial charge on any atom is 0.124 e. The lowest BCUT2D eigenvalue weighted by molar-refractivity contribution is 0.406. The van der Waals surface area contributed by atoms with Gasteiger partial charge in [-0.1, -0.05) is 13.3 Å². The van der Waals surface area contributed by atoms with E-state index in [-0.39, 0.29) is 0 Å². The first-order valence-corrected chi connectivity index (χ1v) is 5.05. The average molecular weight is 179 g/mol. The number of nitrogens with two attached hydrogens (primary N) is 1. The lowest BCUT2D eigenvalue weighted by Crippen LogP contribution is -2.11. The summed E-state index contributed by atoms with van der Waals surface area (Å²) in [5.41, 5.74) is 8.46. The van der Waals surface area contributed by atoms with Crippen molar-refractivity contribution in [3.8, 4) is 0 Å². The van der Waals surface area contributed by atoms with Crippen LogP contribution in [0.4, 0.5) is 5.82 Å². The third-order valence-corrected chi connectivity index (χ3v) is 3.07. The van der Waals surface area contributed by atoms with Crippen LogP contribution in [0.25, 0.3) is 0 Å². The van der Waals surface area contributed by atoms with Crippen LogP contribution in [-0.4, -0.2) is 9.78 Å². The summed E-state index contributed by atoms with van der Waals surface area (Å²) >= 11 is 0. The van der Waals surface area contributed by atoms with E-state index in [2.05, 4.69) is 12.0 Å². The molecule has 0 amide bonds. The van der Waals surface area contributed by atoms with E-state index in [4.69, 9.17) is 5.73 Å². The molecule has 1 saturated carbocycles. The lowest BCUT2D eigenvalue weighted by Gasteiger charge is -2.24. The number of rotatable bonds is 2. The zero-order valence-corrected chi connectivity index (χ0v) is 8.38. The van der Waals surface area contributed by atoms with Gasteiger partial charge in [0.25, 0.3) is 0 Å². The molecule has 0 unspecified atom stereocenters. The zero-order valence-electron chi connectivity index (χ0n) is 8.38. The Morgan fingerprint density at radius 3 is 2.69 bits per heavy atom. The molecule has 0 bridgehead atoms. The molecule has 0 atom stereocenters. The van der Waals surface area contributed by atoms with Crippen molar-refractivity contribution in [1.82, 2.24) is 9.78 Å². The highest BCUT2D eigenvalue weighted by molar-refractivity contribution is 5.45. The molecule has 72 valence electrons. The van der Waals surface area contributed by atoms with Crippen LogP contribution >= 0.6 is 0 Å². The minimum Gasteiger partial charge on any atom is -0.384 e. The Hall–Kier alpha value is -0.990. The molecule has 0 radical (unpaired) electrons. The molecule has 13 heavy (non-hydrogen) atoms. The largest absolute Gasteiger partial charge is 0.384 e. The van der Waals surface area contributed by atoms with E-state index in [1.54, 1.807) is 0 Å². The van der Waals surface area contributed by atoms with Gasteiger partial charge in [0.2, 0.25) is 0 Å². The Morgan fingerprint density at radius 2 is 2.23 bits per heavy atom. The van der Waals surface area contributed by atoms with E-state index in [1.807, 2.05) is 11.7 Å². The van der Waals surface area contributed by atoms with Crippen molar-refractivity contribution in [3.63, 3.8) is 0 Å². The zero-order chi connectivity index (χ0) is 9.42. The maximum absolute atomic E-state index is 5.93. The monoisotopic (exact) mass is 179 g/mol. The molecule has 1 aromatic heterocycles. The number of hydrogen-bond acceptors (Lipinski definition) is 2. The van der Waals surface area contributed by atoms with Gasteiger partial charge < -0.3 is 5.73 Å². The summed E-state index contributed by atoms with van der Waals surface area (Å²) in [5, 5.41) is 4.49. The first kappa shape index (κ1) is 8.60. The Bertz CT molecular complexity index is 310. The van der Waals surface area contributed by atoms with Crippen molar-refractivity contribution < 1.29 is 0 Å². The second kappa shape index (κ2) is 3.05. The summed E-state index contributed by atoms with van der Waals surface area (Å²) in [6.45, 7) is 2.15. The quantitative estimate of drug-likeness (QED) is 0.752. The predicted molar refractivity (Wildman–Crippen MR) is 53.6 cm³/mol. The van der Waals surface area contributed by atoms with Crippen LogP contribution in [0.5, 0.6) is 0 Å². The van der Waals surface area contributed by atoms with E-state index in [9.17, 15) is 0 Å². The number of aryl methyl sites for hydroxylation is 1. The number of nitrogen functional groups attached to an aromatic ring is 1. The summed E-state index contributed by atoms with van der Waals surface area (Å²) in [6, 6.07) is 0. The molecule has 0 spiro atoms. The van der Waals surface area contributed by atoms with Crippen LogP contribution in [-0.2, 0) is 13.5 Å². The van der Waals surface area contributed by atoms with Gasteiger partial charge in [0.15, 0.2) is 0 Å². The Morgan fingerprint density at radius 1 is 1.54 bits per heavy atom. The Balaban J connectivity index is 2.37. The average Bonchev–Trinajstić information content (AvgIpc) is 2.25. The van der Waals surface area contributed by atoms with Gasteiger partial charge in [-0.05, 0) is 19.3 Å². The summed E-state index contributed by atoms with van der Waals surface area (Å²) in [4.78, 5) is 0. The molecule has 3 nitrogen and oxygen atoms in total. The summed E-state index contributed by atoms with van der Waals surface area (Å²) in [6.07, 6.45) is 4.95. The van der Waals surface area contributed by atoms with Crippen LogP contribution in [0.15, 0.2) is 0 Å². The van der Waals surface area contributed by atoms with Crippen molar-refractivity contribution in [2.45, 2.75) is 38.5 Å². The molecule has 1 fully saturated rings. The van der Waals surface area contributed by atoms with Crippen LogP contribution in [0, 0.1) is 0 Å². The summed E-state index contributed by atoms with van der Waals surface area (Å²) in [7, 11) is 1.93. The molecule has 0 aromatic carbocycles. The topological polar surface area (TPSA) is 43.8 Å². The van der Waals surface area contributed by atoms with E-state index < -0.39 is 0 Å². The minimum absolute atomic E-state index is 0.693. The van der Waals surface area contributed by atoms with Gasteiger partial charge in [-0.15, -0.1) is 0 Å². The van der Waals surface area contributed by atoms with Gasteiger partial charge in [-0.2, -0.15) is 5.10 Å². The van der Waals surface area contributed by atoms with Crippen LogP contribution in [0.1, 0.15) is 43.4 Å². The van der Waals surface area contributed by atoms with E-state index in [1.165, 1.54) is 30.5 Å². The second-order valence-electron chi connectivity index (χ2n) is 3.85. The van der Waals surface area contributed by atoms with Crippen LogP contribution in [0.2, 0.25) is 0 Å². The first-order valence-electron chi connectivity index (χ1n) is 5.05. The third kappa shape index (κ3) is 1.23. The minimum atomic E-state index is 0.693. The summed E-state index contributed by atoms with van der Waals surface area (Å²) in [5.74, 6) is 1.54. The standard InChI is InChI=1S/C10H17N3/c1-3-8-9(7-5-4-6-7)12-13(2)10(8)11/h7H,3-6,11H2,1-2H3. The van der Waals surface area contributed by atoms with E-state index in [0.717, 1.165) is 12.2 Å². The highest BCUT2D eigenvalue weighted by Crippen LogP contribution is 2.38. The van der Waals surface area contributed by atoms with Gasteiger partial charge in [0, 0.05) is 18.5 Å². The van der Waals surface area contributed by atoms with Crippen molar-refractivity contribution in [1.29, 1.82) is 0 Å². The predicted octanol–water partition coefficient (Wildman–Crippen LogP) is 1.83. The highest BCUT2D eigenvalue weighted by Gasteiger charge is 2.26. The molecule has 1 aliphatic carbocycles. The number of nitrogens with zero attached hydrogens (tertiary/aromatic N) is 2. The number of anilines is 1. The van der Waals surface area contributed by atoms with Gasteiger partial charge in [0.05, 0.1) is 5.69 Å². The SMILES string of the molecule is CCc1c(C2CCC2)nn(C)c1N. The third-order valence-electron chi connectivity index (χ3n) is 3.07. The number of aromatic nitrogens is 2. The van der Waals surface area contributed by atoms with E-state index >= 15 is 0 Å². The second-order valence-corrected chi connectivity index (χ2v) is 3.85. The molecule has 0 saturated heterocycles.